The fourth-order valence-corrected chi connectivity index (χ4v) is 2.12. The first-order valence-corrected chi connectivity index (χ1v) is 7.55. The third kappa shape index (κ3) is 4.84. The van der Waals surface area contributed by atoms with Gasteiger partial charge in [0.15, 0.2) is 0 Å². The predicted octanol–water partition coefficient (Wildman–Crippen LogP) is 5.74. The van der Waals surface area contributed by atoms with Crippen LogP contribution in [0.1, 0.15) is 16.7 Å². The second kappa shape index (κ2) is 8.03. The number of alkyl halides is 3. The fourth-order valence-electron chi connectivity index (χ4n) is 2.12. The number of halogens is 5. The highest BCUT2D eigenvalue weighted by molar-refractivity contribution is 5.62. The van der Waals surface area contributed by atoms with Gasteiger partial charge in [0.1, 0.15) is 17.2 Å². The van der Waals surface area contributed by atoms with Crippen molar-refractivity contribution < 1.29 is 22.0 Å². The van der Waals surface area contributed by atoms with Crippen molar-refractivity contribution in [3.63, 3.8) is 0 Å². The van der Waals surface area contributed by atoms with E-state index in [1.807, 2.05) is 19.1 Å². The van der Waals surface area contributed by atoms with Crippen molar-refractivity contribution in [1.82, 2.24) is 9.97 Å². The number of nitrogens with zero attached hydrogens (tertiary/aromatic N) is 2. The van der Waals surface area contributed by atoms with Crippen LogP contribution in [0, 0.1) is 25.5 Å². The highest BCUT2D eigenvalue weighted by Crippen LogP contribution is 2.37. The molecule has 0 atom stereocenters. The minimum Gasteiger partial charge on any atom is -0.265 e. The lowest BCUT2D eigenvalue weighted by Gasteiger charge is -2.12. The highest BCUT2D eigenvalue weighted by atomic mass is 19.4. The Morgan fingerprint density at radius 3 is 1.92 bits per heavy atom. The maximum Gasteiger partial charge on any atom is 0.422 e. The Balaban J connectivity index is 0.000000290. The average molecular weight is 366 g/mol. The van der Waals surface area contributed by atoms with Gasteiger partial charge in [-0.15, -0.1) is 0 Å². The Labute approximate surface area is 147 Å². The van der Waals surface area contributed by atoms with E-state index in [1.165, 1.54) is 17.8 Å². The molecule has 3 rings (SSSR count). The molecule has 0 amide bonds. The first kappa shape index (κ1) is 19.5. The quantitative estimate of drug-likeness (QED) is 0.513. The summed E-state index contributed by atoms with van der Waals surface area (Å²) in [4.78, 5) is 7.64. The number of pyridine rings is 2. The standard InChI is InChI=1S/C13H8F5N.C6H7N/c1-7-4-5-19-10(6-7)8-2-3-9(14)11(12(8)15)13(16,17)18;1-6-2-4-7-5-3-6/h2-6H,1H3;2-5H,1H3. The highest BCUT2D eigenvalue weighted by Gasteiger charge is 2.38. The summed E-state index contributed by atoms with van der Waals surface area (Å²) >= 11 is 0. The van der Waals surface area contributed by atoms with Gasteiger partial charge in [0, 0.05) is 24.2 Å². The summed E-state index contributed by atoms with van der Waals surface area (Å²) in [5.74, 6) is -3.29. The van der Waals surface area contributed by atoms with Crippen LogP contribution in [-0.4, -0.2) is 9.97 Å². The zero-order chi connectivity index (χ0) is 19.3. The molecule has 1 aromatic carbocycles. The molecular weight excluding hydrogens is 351 g/mol. The third-order valence-corrected chi connectivity index (χ3v) is 3.41. The van der Waals surface area contributed by atoms with E-state index in [9.17, 15) is 22.0 Å². The van der Waals surface area contributed by atoms with Crippen LogP contribution in [0.2, 0.25) is 0 Å². The van der Waals surface area contributed by atoms with Crippen LogP contribution >= 0.6 is 0 Å². The Morgan fingerprint density at radius 2 is 1.42 bits per heavy atom. The summed E-state index contributed by atoms with van der Waals surface area (Å²) in [6, 6.07) is 8.53. The van der Waals surface area contributed by atoms with Crippen molar-refractivity contribution in [2.45, 2.75) is 20.0 Å². The van der Waals surface area contributed by atoms with E-state index >= 15 is 0 Å². The van der Waals surface area contributed by atoms with E-state index in [-0.39, 0.29) is 11.3 Å². The molecule has 0 radical (unpaired) electrons. The molecule has 0 saturated heterocycles. The lowest BCUT2D eigenvalue weighted by molar-refractivity contribution is -0.142. The number of rotatable bonds is 1. The van der Waals surface area contributed by atoms with Gasteiger partial charge in [-0.05, 0) is 61.4 Å². The van der Waals surface area contributed by atoms with E-state index in [2.05, 4.69) is 9.97 Å². The van der Waals surface area contributed by atoms with Crippen molar-refractivity contribution in [2.24, 2.45) is 0 Å². The summed E-state index contributed by atoms with van der Waals surface area (Å²) in [7, 11) is 0. The Morgan fingerprint density at radius 1 is 0.808 bits per heavy atom. The molecule has 7 heteroatoms. The van der Waals surface area contributed by atoms with Crippen LogP contribution in [0.3, 0.4) is 0 Å². The molecule has 0 aliphatic carbocycles. The van der Waals surface area contributed by atoms with Crippen LogP contribution in [0.5, 0.6) is 0 Å². The first-order valence-electron chi connectivity index (χ1n) is 7.55. The zero-order valence-corrected chi connectivity index (χ0v) is 14.0. The van der Waals surface area contributed by atoms with Crippen molar-refractivity contribution in [2.75, 3.05) is 0 Å². The molecule has 2 aromatic heterocycles. The molecule has 3 aromatic rings. The van der Waals surface area contributed by atoms with E-state index in [1.54, 1.807) is 25.4 Å². The number of aromatic nitrogens is 2. The molecule has 2 heterocycles. The van der Waals surface area contributed by atoms with Crippen LogP contribution in [0.25, 0.3) is 11.3 Å². The number of hydrogen-bond donors (Lipinski definition) is 0. The molecule has 136 valence electrons. The number of benzene rings is 1. The molecule has 0 spiro atoms. The minimum absolute atomic E-state index is 0.0306. The van der Waals surface area contributed by atoms with Gasteiger partial charge in [0.2, 0.25) is 0 Å². The second-order valence-corrected chi connectivity index (χ2v) is 5.52. The lowest BCUT2D eigenvalue weighted by Crippen LogP contribution is -2.12. The molecule has 0 unspecified atom stereocenters. The third-order valence-electron chi connectivity index (χ3n) is 3.41. The molecule has 0 bridgehead atoms. The molecule has 0 aliphatic heterocycles. The molecule has 26 heavy (non-hydrogen) atoms. The molecule has 2 nitrogen and oxygen atoms in total. The van der Waals surface area contributed by atoms with E-state index in [4.69, 9.17) is 0 Å². The largest absolute Gasteiger partial charge is 0.422 e. The number of hydrogen-bond acceptors (Lipinski definition) is 2. The Bertz CT molecular complexity index is 877. The van der Waals surface area contributed by atoms with Crippen LogP contribution in [-0.2, 0) is 6.18 Å². The SMILES string of the molecule is Cc1ccnc(-c2ccc(F)c(C(F)(F)F)c2F)c1.Cc1ccncc1. The van der Waals surface area contributed by atoms with Gasteiger partial charge in [-0.25, -0.2) is 8.78 Å². The van der Waals surface area contributed by atoms with Crippen LogP contribution in [0.15, 0.2) is 55.0 Å². The van der Waals surface area contributed by atoms with Crippen LogP contribution < -0.4 is 0 Å². The van der Waals surface area contributed by atoms with Gasteiger partial charge in [-0.2, -0.15) is 13.2 Å². The first-order chi connectivity index (χ1) is 12.2. The van der Waals surface area contributed by atoms with E-state index in [0.29, 0.717) is 11.6 Å². The summed E-state index contributed by atoms with van der Waals surface area (Å²) in [5.41, 5.74) is -0.272. The van der Waals surface area contributed by atoms with E-state index < -0.39 is 23.4 Å². The van der Waals surface area contributed by atoms with Crippen LogP contribution in [0.4, 0.5) is 22.0 Å². The summed E-state index contributed by atoms with van der Waals surface area (Å²) in [6.07, 6.45) is -0.167. The molecular formula is C19H15F5N2. The average Bonchev–Trinajstić information content (AvgIpc) is 2.55. The maximum atomic E-state index is 13.8. The summed E-state index contributed by atoms with van der Waals surface area (Å²) in [5, 5.41) is 0. The maximum absolute atomic E-state index is 13.8. The smallest absolute Gasteiger partial charge is 0.265 e. The van der Waals surface area contributed by atoms with Gasteiger partial charge >= 0.3 is 6.18 Å². The Hall–Kier alpha value is -2.83. The number of aryl methyl sites for hydroxylation is 2. The molecule has 0 fully saturated rings. The zero-order valence-electron chi connectivity index (χ0n) is 14.0. The molecule has 0 N–H and O–H groups in total. The van der Waals surface area contributed by atoms with Gasteiger partial charge < -0.3 is 0 Å². The lowest BCUT2D eigenvalue weighted by atomic mass is 10.0. The van der Waals surface area contributed by atoms with Crippen molar-refractivity contribution in [3.05, 3.63) is 83.3 Å². The molecule has 0 aliphatic rings. The molecule has 0 saturated carbocycles. The normalized spacial score (nSPS) is 10.9. The van der Waals surface area contributed by atoms with E-state index in [0.717, 1.165) is 6.07 Å². The van der Waals surface area contributed by atoms with Gasteiger partial charge in [-0.3, -0.25) is 9.97 Å². The Kier molecular flexibility index (Phi) is 6.02. The van der Waals surface area contributed by atoms with Gasteiger partial charge in [0.25, 0.3) is 0 Å². The van der Waals surface area contributed by atoms with Gasteiger partial charge in [0.05, 0.1) is 5.69 Å². The monoisotopic (exact) mass is 366 g/mol. The van der Waals surface area contributed by atoms with Crippen molar-refractivity contribution in [3.8, 4) is 11.3 Å². The minimum atomic E-state index is -5.09. The fraction of sp³-hybridized carbons (Fsp3) is 0.158. The summed E-state index contributed by atoms with van der Waals surface area (Å²) in [6.45, 7) is 3.74. The predicted molar refractivity (Wildman–Crippen MR) is 88.3 cm³/mol. The van der Waals surface area contributed by atoms with Crippen molar-refractivity contribution in [1.29, 1.82) is 0 Å². The topological polar surface area (TPSA) is 25.8 Å². The van der Waals surface area contributed by atoms with Crippen molar-refractivity contribution >= 4 is 0 Å². The van der Waals surface area contributed by atoms with Gasteiger partial charge in [-0.1, -0.05) is 0 Å². The second-order valence-electron chi connectivity index (χ2n) is 5.52. The summed E-state index contributed by atoms with van der Waals surface area (Å²) < 4.78 is 64.7.